The van der Waals surface area contributed by atoms with Crippen molar-refractivity contribution in [3.8, 4) is 28.7 Å². The normalized spacial score (nSPS) is 21.2. The van der Waals surface area contributed by atoms with Crippen LogP contribution in [0.5, 0.6) is 28.7 Å². The van der Waals surface area contributed by atoms with Crippen molar-refractivity contribution in [3.05, 3.63) is 35.9 Å². The first-order valence-electron chi connectivity index (χ1n) is 10.3. The van der Waals surface area contributed by atoms with Gasteiger partial charge in [0.05, 0.1) is 33.1 Å². The van der Waals surface area contributed by atoms with Crippen molar-refractivity contribution in [2.24, 2.45) is 4.99 Å². The molecule has 0 saturated carbocycles. The summed E-state index contributed by atoms with van der Waals surface area (Å²) in [6.45, 7) is 0.159. The number of methoxy groups -OCH3 is 3. The Morgan fingerprint density at radius 1 is 0.970 bits per heavy atom. The molecule has 10 heteroatoms. The van der Waals surface area contributed by atoms with Gasteiger partial charge in [0, 0.05) is 31.5 Å². The Hall–Kier alpha value is -3.95. The topological polar surface area (TPSA) is 99.1 Å². The summed E-state index contributed by atoms with van der Waals surface area (Å²) in [5, 5.41) is 0. The van der Waals surface area contributed by atoms with Crippen molar-refractivity contribution in [2.45, 2.75) is 18.4 Å². The molecule has 0 radical (unpaired) electrons. The number of amides is 3. The Bertz CT molecular complexity index is 1150. The van der Waals surface area contributed by atoms with Gasteiger partial charge in [-0.2, -0.15) is 4.99 Å². The Morgan fingerprint density at radius 2 is 1.67 bits per heavy atom. The number of carbonyl (C=O) groups is 2. The first-order valence-corrected chi connectivity index (χ1v) is 10.3. The van der Waals surface area contributed by atoms with Crippen LogP contribution in [0.1, 0.15) is 17.9 Å². The molecule has 0 unspecified atom stereocenters. The number of ether oxygens (including phenoxy) is 5. The third kappa shape index (κ3) is 3.21. The number of hydrogen-bond donors (Lipinski definition) is 0. The lowest BCUT2D eigenvalue weighted by Gasteiger charge is -2.39. The number of piperidine rings is 1. The predicted molar refractivity (Wildman–Crippen MR) is 118 cm³/mol. The fourth-order valence-electron chi connectivity index (χ4n) is 4.60. The Morgan fingerprint density at radius 3 is 2.33 bits per heavy atom. The highest BCUT2D eigenvalue weighted by molar-refractivity contribution is 6.25. The van der Waals surface area contributed by atoms with E-state index < -0.39 is 12.1 Å². The molecule has 1 saturated heterocycles. The van der Waals surface area contributed by atoms with Crippen LogP contribution in [-0.4, -0.2) is 63.9 Å². The van der Waals surface area contributed by atoms with Crippen molar-refractivity contribution in [2.75, 3.05) is 40.1 Å². The van der Waals surface area contributed by atoms with E-state index in [1.54, 1.807) is 24.1 Å². The van der Waals surface area contributed by atoms with E-state index in [2.05, 4.69) is 4.99 Å². The minimum Gasteiger partial charge on any atom is -0.493 e. The number of carbonyl (C=O) groups excluding carboxylic acids is 2. The molecule has 2 aromatic carbocycles. The van der Waals surface area contributed by atoms with Gasteiger partial charge in [-0.1, -0.05) is 6.07 Å². The van der Waals surface area contributed by atoms with Crippen LogP contribution < -0.4 is 28.6 Å². The van der Waals surface area contributed by atoms with Crippen molar-refractivity contribution in [3.63, 3.8) is 0 Å². The molecule has 10 nitrogen and oxygen atoms in total. The molecule has 3 aliphatic rings. The third-order valence-corrected chi connectivity index (χ3v) is 6.18. The van der Waals surface area contributed by atoms with Gasteiger partial charge in [-0.15, -0.1) is 0 Å². The maximum atomic E-state index is 13.5. The number of urea groups is 1. The van der Waals surface area contributed by atoms with Crippen molar-refractivity contribution in [1.82, 2.24) is 4.90 Å². The summed E-state index contributed by atoms with van der Waals surface area (Å²) in [4.78, 5) is 33.3. The average Bonchev–Trinajstić information content (AvgIpc) is 3.41. The summed E-state index contributed by atoms with van der Waals surface area (Å²) >= 11 is 0. The molecule has 0 N–H and O–H groups in total. The number of amidine groups is 1. The second kappa shape index (κ2) is 7.88. The van der Waals surface area contributed by atoms with Gasteiger partial charge in [-0.25, -0.2) is 4.79 Å². The number of aliphatic imine (C=N–C) groups is 1. The van der Waals surface area contributed by atoms with E-state index in [1.807, 2.05) is 18.2 Å². The van der Waals surface area contributed by atoms with Crippen LogP contribution in [0.15, 0.2) is 35.3 Å². The molecule has 2 atom stereocenters. The minimum atomic E-state index is -0.435. The molecule has 0 spiro atoms. The SMILES string of the molecule is COc1cc(N2C(=O)C[C@@H](c3ccc4c(c3)OCO4)[C@H]3C2=NC(=O)N3C)cc(OC)c1OC. The van der Waals surface area contributed by atoms with Crippen LogP contribution in [0.25, 0.3) is 0 Å². The molecule has 3 heterocycles. The highest BCUT2D eigenvalue weighted by atomic mass is 16.7. The summed E-state index contributed by atoms with van der Waals surface area (Å²) in [5.74, 6) is 2.34. The fourth-order valence-corrected chi connectivity index (χ4v) is 4.60. The number of nitrogens with zero attached hydrogens (tertiary/aromatic N) is 3. The summed E-state index contributed by atoms with van der Waals surface area (Å²) in [6, 6.07) is 8.08. The molecule has 3 amide bonds. The van der Waals surface area contributed by atoms with Crippen LogP contribution in [0.3, 0.4) is 0 Å². The average molecular weight is 453 g/mol. The Labute approximate surface area is 190 Å². The first kappa shape index (κ1) is 20.9. The van der Waals surface area contributed by atoms with E-state index in [-0.39, 0.29) is 25.0 Å². The van der Waals surface area contributed by atoms with Crippen LogP contribution in [-0.2, 0) is 4.79 Å². The molecule has 1 fully saturated rings. The molecule has 172 valence electrons. The molecular weight excluding hydrogens is 430 g/mol. The lowest BCUT2D eigenvalue weighted by Crippen LogP contribution is -2.54. The van der Waals surface area contributed by atoms with Gasteiger partial charge in [-0.05, 0) is 17.7 Å². The maximum absolute atomic E-state index is 13.5. The van der Waals surface area contributed by atoms with Gasteiger partial charge in [0.15, 0.2) is 23.0 Å². The molecular formula is C23H23N3O7. The molecule has 0 aliphatic carbocycles. The Kier molecular flexibility index (Phi) is 4.99. The fraction of sp³-hybridized carbons (Fsp3) is 0.348. The van der Waals surface area contributed by atoms with E-state index in [4.69, 9.17) is 23.7 Å². The zero-order valence-corrected chi connectivity index (χ0v) is 18.7. The van der Waals surface area contributed by atoms with Crippen molar-refractivity contribution in [1.29, 1.82) is 0 Å². The van der Waals surface area contributed by atoms with E-state index in [9.17, 15) is 9.59 Å². The Balaban J connectivity index is 1.58. The lowest BCUT2D eigenvalue weighted by molar-refractivity contribution is -0.118. The third-order valence-electron chi connectivity index (χ3n) is 6.18. The van der Waals surface area contributed by atoms with Crippen LogP contribution in [0.4, 0.5) is 10.5 Å². The van der Waals surface area contributed by atoms with Gasteiger partial charge in [0.1, 0.15) is 5.84 Å². The van der Waals surface area contributed by atoms with Gasteiger partial charge in [0.2, 0.25) is 18.4 Å². The summed E-state index contributed by atoms with van der Waals surface area (Å²) in [7, 11) is 6.20. The first-order chi connectivity index (χ1) is 16.0. The zero-order chi connectivity index (χ0) is 23.3. The van der Waals surface area contributed by atoms with Crippen LogP contribution in [0, 0.1) is 0 Å². The highest BCUT2D eigenvalue weighted by Gasteiger charge is 2.48. The van der Waals surface area contributed by atoms with Crippen molar-refractivity contribution < 1.29 is 33.3 Å². The second-order valence-electron chi connectivity index (χ2n) is 7.84. The molecule has 0 aromatic heterocycles. The van der Waals surface area contributed by atoms with Gasteiger partial charge >= 0.3 is 6.03 Å². The molecule has 0 bridgehead atoms. The number of fused-ring (bicyclic) bond motifs is 2. The molecule has 33 heavy (non-hydrogen) atoms. The minimum absolute atomic E-state index is 0.159. The molecule has 3 aliphatic heterocycles. The number of benzene rings is 2. The number of hydrogen-bond acceptors (Lipinski definition) is 7. The van der Waals surface area contributed by atoms with Gasteiger partial charge < -0.3 is 28.6 Å². The van der Waals surface area contributed by atoms with Gasteiger partial charge in [-0.3, -0.25) is 9.69 Å². The van der Waals surface area contributed by atoms with E-state index >= 15 is 0 Å². The maximum Gasteiger partial charge on any atom is 0.345 e. The number of likely N-dealkylation sites (N-methyl/N-ethyl adjacent to an activating group) is 1. The highest BCUT2D eigenvalue weighted by Crippen LogP contribution is 2.45. The van der Waals surface area contributed by atoms with Gasteiger partial charge in [0.25, 0.3) is 0 Å². The molecule has 2 aromatic rings. The lowest BCUT2D eigenvalue weighted by atomic mass is 9.83. The quantitative estimate of drug-likeness (QED) is 0.686. The summed E-state index contributed by atoms with van der Waals surface area (Å²) in [5.41, 5.74) is 1.35. The second-order valence-corrected chi connectivity index (χ2v) is 7.84. The monoisotopic (exact) mass is 453 g/mol. The number of rotatable bonds is 5. The number of anilines is 1. The van der Waals surface area contributed by atoms with Crippen LogP contribution in [0.2, 0.25) is 0 Å². The standard InChI is InChI=1S/C23H23N3O7/c1-25-20-14(12-5-6-15-16(7-12)33-11-32-15)10-19(27)26(22(20)24-23(25)28)13-8-17(29-2)21(31-4)18(9-13)30-3/h5-9,14,20H,10-11H2,1-4H3/t14-,20-/m0/s1. The van der Waals surface area contributed by atoms with Crippen molar-refractivity contribution >= 4 is 23.5 Å². The predicted octanol–water partition coefficient (Wildman–Crippen LogP) is 2.79. The zero-order valence-electron chi connectivity index (χ0n) is 18.7. The van der Waals surface area contributed by atoms with E-state index in [0.717, 1.165) is 5.56 Å². The van der Waals surface area contributed by atoms with E-state index in [0.29, 0.717) is 40.3 Å². The smallest absolute Gasteiger partial charge is 0.345 e. The van der Waals surface area contributed by atoms with E-state index in [1.165, 1.54) is 26.2 Å². The molecule has 5 rings (SSSR count). The largest absolute Gasteiger partial charge is 0.493 e. The van der Waals surface area contributed by atoms with Crippen LogP contribution >= 0.6 is 0 Å². The summed E-state index contributed by atoms with van der Waals surface area (Å²) < 4.78 is 27.2. The summed E-state index contributed by atoms with van der Waals surface area (Å²) in [6.07, 6.45) is 0.164.